The second-order valence-corrected chi connectivity index (χ2v) is 7.84. The molecule has 7 heteroatoms. The Bertz CT molecular complexity index is 743. The van der Waals surface area contributed by atoms with E-state index in [0.29, 0.717) is 19.0 Å². The fourth-order valence-corrected chi connectivity index (χ4v) is 4.44. The van der Waals surface area contributed by atoms with Gasteiger partial charge in [-0.3, -0.25) is 14.5 Å². The van der Waals surface area contributed by atoms with Gasteiger partial charge in [-0.1, -0.05) is 12.1 Å². The van der Waals surface area contributed by atoms with Gasteiger partial charge < -0.3 is 10.6 Å². The van der Waals surface area contributed by atoms with Gasteiger partial charge in [0, 0.05) is 19.0 Å². The Balaban J connectivity index is 1.56. The SMILES string of the molecule is CCNC(=O)[C@H](C)NC(=O)CN1CCC[C@H](c2nc3ccccc3s2)C1. The van der Waals surface area contributed by atoms with Crippen molar-refractivity contribution < 1.29 is 9.59 Å². The number of para-hydroxylation sites is 1. The highest BCUT2D eigenvalue weighted by Crippen LogP contribution is 2.32. The predicted octanol–water partition coefficient (Wildman–Crippen LogP) is 2.12. The van der Waals surface area contributed by atoms with Crippen LogP contribution in [0.1, 0.15) is 37.6 Å². The molecule has 0 unspecified atom stereocenters. The zero-order chi connectivity index (χ0) is 18.5. The quantitative estimate of drug-likeness (QED) is 0.812. The average molecular weight is 375 g/mol. The summed E-state index contributed by atoms with van der Waals surface area (Å²) in [4.78, 5) is 31.0. The van der Waals surface area contributed by atoms with Crippen LogP contribution in [0.15, 0.2) is 24.3 Å². The lowest BCUT2D eigenvalue weighted by molar-refractivity contribution is -0.129. The lowest BCUT2D eigenvalue weighted by Crippen LogP contribution is -2.49. The number of amides is 2. The van der Waals surface area contributed by atoms with Crippen LogP contribution in [0.3, 0.4) is 0 Å². The third-order valence-electron chi connectivity index (χ3n) is 4.65. The van der Waals surface area contributed by atoms with Crippen LogP contribution in [0.5, 0.6) is 0 Å². The van der Waals surface area contributed by atoms with Gasteiger partial charge in [-0.05, 0) is 45.4 Å². The summed E-state index contributed by atoms with van der Waals surface area (Å²) in [6.07, 6.45) is 2.16. The average Bonchev–Trinajstić information content (AvgIpc) is 3.06. The van der Waals surface area contributed by atoms with Gasteiger partial charge in [0.1, 0.15) is 6.04 Å². The highest BCUT2D eigenvalue weighted by molar-refractivity contribution is 7.18. The van der Waals surface area contributed by atoms with Crippen molar-refractivity contribution >= 4 is 33.4 Å². The number of likely N-dealkylation sites (N-methyl/N-ethyl adjacent to an activating group) is 1. The van der Waals surface area contributed by atoms with Crippen LogP contribution in [0.25, 0.3) is 10.2 Å². The number of fused-ring (bicyclic) bond motifs is 1. The van der Waals surface area contributed by atoms with E-state index in [9.17, 15) is 9.59 Å². The largest absolute Gasteiger partial charge is 0.355 e. The number of benzene rings is 1. The van der Waals surface area contributed by atoms with Gasteiger partial charge in [0.2, 0.25) is 11.8 Å². The lowest BCUT2D eigenvalue weighted by atomic mass is 9.99. The van der Waals surface area contributed by atoms with E-state index in [2.05, 4.69) is 21.6 Å². The molecule has 1 aromatic carbocycles. The van der Waals surface area contributed by atoms with E-state index in [1.165, 1.54) is 4.70 Å². The minimum atomic E-state index is -0.507. The molecule has 0 radical (unpaired) electrons. The summed E-state index contributed by atoms with van der Waals surface area (Å²) in [5.74, 6) is 0.121. The molecular weight excluding hydrogens is 348 g/mol. The van der Waals surface area contributed by atoms with Crippen LogP contribution in [0.4, 0.5) is 0 Å². The van der Waals surface area contributed by atoms with Gasteiger partial charge in [-0.2, -0.15) is 0 Å². The number of nitrogens with one attached hydrogen (secondary N) is 2. The molecule has 26 heavy (non-hydrogen) atoms. The number of carbonyl (C=O) groups excluding carboxylic acids is 2. The predicted molar refractivity (Wildman–Crippen MR) is 104 cm³/mol. The van der Waals surface area contributed by atoms with Crippen molar-refractivity contribution in [2.24, 2.45) is 0 Å². The third-order valence-corrected chi connectivity index (χ3v) is 5.85. The maximum atomic E-state index is 12.3. The lowest BCUT2D eigenvalue weighted by Gasteiger charge is -2.31. The molecule has 0 bridgehead atoms. The van der Waals surface area contributed by atoms with Crippen molar-refractivity contribution in [3.63, 3.8) is 0 Å². The van der Waals surface area contributed by atoms with Crippen molar-refractivity contribution in [3.05, 3.63) is 29.3 Å². The second kappa shape index (κ2) is 8.60. The highest BCUT2D eigenvalue weighted by atomic mass is 32.1. The second-order valence-electron chi connectivity index (χ2n) is 6.78. The van der Waals surface area contributed by atoms with E-state index in [1.54, 1.807) is 18.3 Å². The van der Waals surface area contributed by atoms with Crippen molar-refractivity contribution in [3.8, 4) is 0 Å². The van der Waals surface area contributed by atoms with E-state index in [4.69, 9.17) is 4.98 Å². The fraction of sp³-hybridized carbons (Fsp3) is 0.526. The van der Waals surface area contributed by atoms with Crippen LogP contribution >= 0.6 is 11.3 Å². The molecule has 1 aromatic heterocycles. The number of thiazole rings is 1. The molecule has 140 valence electrons. The molecule has 0 spiro atoms. The number of piperidine rings is 1. The number of rotatable bonds is 6. The molecule has 2 amide bonds. The van der Waals surface area contributed by atoms with E-state index < -0.39 is 6.04 Å². The number of aromatic nitrogens is 1. The van der Waals surface area contributed by atoms with Gasteiger partial charge >= 0.3 is 0 Å². The smallest absolute Gasteiger partial charge is 0.242 e. The number of likely N-dealkylation sites (tertiary alicyclic amines) is 1. The first-order valence-corrected chi connectivity index (χ1v) is 10.0. The summed E-state index contributed by atoms with van der Waals surface area (Å²) in [5.41, 5.74) is 1.05. The molecule has 6 nitrogen and oxygen atoms in total. The topological polar surface area (TPSA) is 74.3 Å². The van der Waals surface area contributed by atoms with E-state index in [0.717, 1.165) is 36.5 Å². The molecule has 3 rings (SSSR count). The highest BCUT2D eigenvalue weighted by Gasteiger charge is 2.26. The van der Waals surface area contributed by atoms with Crippen molar-refractivity contribution in [2.75, 3.05) is 26.2 Å². The van der Waals surface area contributed by atoms with Crippen LogP contribution in [0.2, 0.25) is 0 Å². The molecule has 2 N–H and O–H groups in total. The first kappa shape index (κ1) is 18.8. The molecule has 1 aliphatic rings. The van der Waals surface area contributed by atoms with Crippen molar-refractivity contribution in [1.29, 1.82) is 0 Å². The van der Waals surface area contributed by atoms with Gasteiger partial charge in [0.25, 0.3) is 0 Å². The molecule has 0 saturated carbocycles. The number of hydrogen-bond acceptors (Lipinski definition) is 5. The summed E-state index contributed by atoms with van der Waals surface area (Å²) in [5, 5.41) is 6.66. The molecule has 1 saturated heterocycles. The Morgan fingerprint density at radius 3 is 2.96 bits per heavy atom. The molecule has 1 fully saturated rings. The molecular formula is C19H26N4O2S. The Morgan fingerprint density at radius 2 is 2.19 bits per heavy atom. The fourth-order valence-electron chi connectivity index (χ4n) is 3.35. The summed E-state index contributed by atoms with van der Waals surface area (Å²) in [7, 11) is 0. The molecule has 2 atom stereocenters. The van der Waals surface area contributed by atoms with E-state index in [1.807, 2.05) is 25.1 Å². The molecule has 0 aliphatic carbocycles. The molecule has 1 aliphatic heterocycles. The Labute approximate surface area is 158 Å². The summed E-state index contributed by atoms with van der Waals surface area (Å²) in [6, 6.07) is 7.70. The standard InChI is InChI=1S/C19H26N4O2S/c1-3-20-18(25)13(2)21-17(24)12-23-10-6-7-14(11-23)19-22-15-8-4-5-9-16(15)26-19/h4-5,8-9,13-14H,3,6-7,10-12H2,1-2H3,(H,20,25)(H,21,24)/t13-,14-/m0/s1. The molecule has 2 heterocycles. The van der Waals surface area contributed by atoms with E-state index >= 15 is 0 Å². The first-order chi connectivity index (χ1) is 12.6. The third kappa shape index (κ3) is 4.59. The van der Waals surface area contributed by atoms with Gasteiger partial charge in [0.05, 0.1) is 21.8 Å². The van der Waals surface area contributed by atoms with Crippen LogP contribution in [0, 0.1) is 0 Å². The van der Waals surface area contributed by atoms with Crippen LogP contribution < -0.4 is 10.6 Å². The Hall–Kier alpha value is -1.99. The van der Waals surface area contributed by atoms with Crippen molar-refractivity contribution in [2.45, 2.75) is 38.6 Å². The monoisotopic (exact) mass is 374 g/mol. The maximum Gasteiger partial charge on any atom is 0.242 e. The van der Waals surface area contributed by atoms with Crippen molar-refractivity contribution in [1.82, 2.24) is 20.5 Å². The first-order valence-electron chi connectivity index (χ1n) is 9.21. The summed E-state index contributed by atoms with van der Waals surface area (Å²) >= 11 is 1.75. The van der Waals surface area contributed by atoms with Gasteiger partial charge in [-0.25, -0.2) is 4.98 Å². The minimum absolute atomic E-state index is 0.103. The van der Waals surface area contributed by atoms with Crippen LogP contribution in [-0.4, -0.2) is 53.9 Å². The Kier molecular flexibility index (Phi) is 6.21. The van der Waals surface area contributed by atoms with Gasteiger partial charge in [0.15, 0.2) is 0 Å². The maximum absolute atomic E-state index is 12.3. The number of carbonyl (C=O) groups is 2. The van der Waals surface area contributed by atoms with Crippen LogP contribution in [-0.2, 0) is 9.59 Å². The normalized spacial score (nSPS) is 19.2. The molecule has 2 aromatic rings. The number of hydrogen-bond donors (Lipinski definition) is 2. The zero-order valence-electron chi connectivity index (χ0n) is 15.3. The van der Waals surface area contributed by atoms with E-state index in [-0.39, 0.29) is 11.8 Å². The van der Waals surface area contributed by atoms with Gasteiger partial charge in [-0.15, -0.1) is 11.3 Å². The Morgan fingerprint density at radius 1 is 1.38 bits per heavy atom. The summed E-state index contributed by atoms with van der Waals surface area (Å²) < 4.78 is 1.22. The minimum Gasteiger partial charge on any atom is -0.355 e. The number of nitrogens with zero attached hydrogens (tertiary/aromatic N) is 2. The summed E-state index contributed by atoms with van der Waals surface area (Å²) in [6.45, 7) is 6.21. The zero-order valence-corrected chi connectivity index (χ0v) is 16.1.